The molecule has 0 unspecified atom stereocenters. The number of nitrogens with zero attached hydrogens (tertiary/aromatic N) is 3. The zero-order valence-corrected chi connectivity index (χ0v) is 16.1. The Labute approximate surface area is 142 Å². The van der Waals surface area contributed by atoms with Crippen molar-refractivity contribution in [3.8, 4) is 0 Å². The van der Waals surface area contributed by atoms with Crippen LogP contribution in [0.5, 0.6) is 0 Å². The lowest BCUT2D eigenvalue weighted by Gasteiger charge is -2.32. The molecule has 0 amide bonds. The van der Waals surface area contributed by atoms with E-state index in [1.54, 1.807) is 0 Å². The summed E-state index contributed by atoms with van der Waals surface area (Å²) >= 11 is 11.3. The van der Waals surface area contributed by atoms with Crippen LogP contribution in [0.4, 0.5) is 0 Å². The number of rotatable bonds is 7. The molecule has 0 aromatic rings. The van der Waals surface area contributed by atoms with Crippen molar-refractivity contribution in [2.75, 3.05) is 58.1 Å². The molecule has 1 aliphatic rings. The molecule has 0 saturated carbocycles. The minimum absolute atomic E-state index is 0.610. The zero-order valence-electron chi connectivity index (χ0n) is 14.6. The van der Waals surface area contributed by atoms with Crippen LogP contribution in [0.25, 0.3) is 0 Å². The second kappa shape index (κ2) is 13.0. The van der Waals surface area contributed by atoms with Gasteiger partial charge in [-0.25, -0.2) is 0 Å². The van der Waals surface area contributed by atoms with Gasteiger partial charge in [0.15, 0.2) is 0 Å². The first-order valence-electron chi connectivity index (χ1n) is 8.20. The zero-order chi connectivity index (χ0) is 16.3. The number of piperazine rings is 1. The van der Waals surface area contributed by atoms with E-state index in [0.717, 1.165) is 24.7 Å². The van der Waals surface area contributed by atoms with Crippen molar-refractivity contribution in [2.45, 2.75) is 46.2 Å². The van der Waals surface area contributed by atoms with Gasteiger partial charge >= 0.3 is 0 Å². The van der Waals surface area contributed by atoms with Crippen molar-refractivity contribution >= 4 is 23.2 Å². The van der Waals surface area contributed by atoms with Gasteiger partial charge in [-0.15, -0.1) is 23.2 Å². The van der Waals surface area contributed by atoms with E-state index in [9.17, 15) is 0 Å². The molecule has 0 spiro atoms. The largest absolute Gasteiger partial charge is 0.304 e. The average molecular weight is 340 g/mol. The van der Waals surface area contributed by atoms with Crippen molar-refractivity contribution < 1.29 is 0 Å². The Morgan fingerprint density at radius 3 is 1.76 bits per heavy atom. The van der Waals surface area contributed by atoms with Crippen molar-refractivity contribution in [3.63, 3.8) is 0 Å². The van der Waals surface area contributed by atoms with E-state index in [1.165, 1.54) is 32.7 Å². The topological polar surface area (TPSA) is 9.72 Å². The highest BCUT2D eigenvalue weighted by molar-refractivity contribution is 6.18. The first-order valence-corrected chi connectivity index (χ1v) is 9.27. The van der Waals surface area contributed by atoms with Crippen LogP contribution in [0.3, 0.4) is 0 Å². The summed E-state index contributed by atoms with van der Waals surface area (Å²) in [6.45, 7) is 15.8. The highest BCUT2D eigenvalue weighted by Crippen LogP contribution is 2.04. The first-order chi connectivity index (χ1) is 9.92. The van der Waals surface area contributed by atoms with Gasteiger partial charge < -0.3 is 9.80 Å². The van der Waals surface area contributed by atoms with Crippen LogP contribution in [-0.2, 0) is 0 Å². The maximum absolute atomic E-state index is 5.64. The van der Waals surface area contributed by atoms with Crippen LogP contribution >= 0.6 is 23.2 Å². The molecule has 3 nitrogen and oxygen atoms in total. The molecule has 0 aromatic heterocycles. The van der Waals surface area contributed by atoms with Gasteiger partial charge in [0.1, 0.15) is 0 Å². The van der Waals surface area contributed by atoms with E-state index < -0.39 is 0 Å². The summed E-state index contributed by atoms with van der Waals surface area (Å²) in [7, 11) is 2.18. The van der Waals surface area contributed by atoms with Gasteiger partial charge in [0.2, 0.25) is 0 Å². The Morgan fingerprint density at radius 2 is 1.43 bits per heavy atom. The lowest BCUT2D eigenvalue weighted by Crippen LogP contribution is -2.44. The molecule has 1 fully saturated rings. The smallest absolute Gasteiger partial charge is 0.0351 e. The monoisotopic (exact) mass is 339 g/mol. The summed E-state index contributed by atoms with van der Waals surface area (Å²) < 4.78 is 0. The van der Waals surface area contributed by atoms with Crippen LogP contribution < -0.4 is 0 Å². The lowest BCUT2D eigenvalue weighted by atomic mass is 10.2. The van der Waals surface area contributed by atoms with Gasteiger partial charge in [0.25, 0.3) is 0 Å². The highest BCUT2D eigenvalue weighted by Gasteiger charge is 2.12. The van der Waals surface area contributed by atoms with E-state index in [-0.39, 0.29) is 0 Å². The fourth-order valence-electron chi connectivity index (χ4n) is 2.57. The van der Waals surface area contributed by atoms with E-state index >= 15 is 0 Å². The minimum atomic E-state index is 0.610. The third kappa shape index (κ3) is 10.8. The Bertz CT molecular complexity index is 219. The molecule has 1 aliphatic heterocycles. The molecule has 0 radical (unpaired) electrons. The van der Waals surface area contributed by atoms with E-state index in [0.29, 0.717) is 12.1 Å². The quantitative estimate of drug-likeness (QED) is 0.659. The fourth-order valence-corrected chi connectivity index (χ4v) is 2.88. The molecular weight excluding hydrogens is 305 g/mol. The summed E-state index contributed by atoms with van der Waals surface area (Å²) in [6, 6.07) is 1.22. The second-order valence-electron chi connectivity index (χ2n) is 6.30. The maximum Gasteiger partial charge on any atom is 0.0351 e. The predicted octanol–water partition coefficient (Wildman–Crippen LogP) is 3.21. The van der Waals surface area contributed by atoms with Crippen LogP contribution in [0.1, 0.15) is 34.1 Å². The predicted molar refractivity (Wildman–Crippen MR) is 97.0 cm³/mol. The molecule has 0 aliphatic carbocycles. The normalized spacial score (nSPS) is 17.4. The van der Waals surface area contributed by atoms with Gasteiger partial charge in [-0.2, -0.15) is 0 Å². The number of hydrogen-bond acceptors (Lipinski definition) is 3. The molecule has 128 valence electrons. The molecule has 21 heavy (non-hydrogen) atoms. The molecule has 0 bridgehead atoms. The van der Waals surface area contributed by atoms with Gasteiger partial charge in [-0.05, 0) is 47.7 Å². The third-order valence-electron chi connectivity index (χ3n) is 3.87. The molecule has 1 rings (SSSR count). The maximum atomic E-state index is 5.64. The van der Waals surface area contributed by atoms with Crippen LogP contribution in [0.15, 0.2) is 0 Å². The lowest BCUT2D eigenvalue weighted by molar-refractivity contribution is 0.154. The van der Waals surface area contributed by atoms with Crippen molar-refractivity contribution in [3.05, 3.63) is 0 Å². The molecule has 1 saturated heterocycles. The average Bonchev–Trinajstić information content (AvgIpc) is 2.44. The van der Waals surface area contributed by atoms with E-state index in [4.69, 9.17) is 23.2 Å². The second-order valence-corrected chi connectivity index (χ2v) is 7.06. The highest BCUT2D eigenvalue weighted by atomic mass is 35.5. The first kappa shape index (κ1) is 21.5. The van der Waals surface area contributed by atoms with Crippen LogP contribution in [-0.4, -0.2) is 84.9 Å². The Hall–Kier alpha value is 0.460. The van der Waals surface area contributed by atoms with E-state index in [2.05, 4.69) is 49.4 Å². The summed E-state index contributed by atoms with van der Waals surface area (Å²) in [5.74, 6) is 1.53. The molecule has 1 heterocycles. The number of hydrogen-bond donors (Lipinski definition) is 0. The third-order valence-corrected chi connectivity index (χ3v) is 4.31. The van der Waals surface area contributed by atoms with Gasteiger partial charge in [-0.3, -0.25) is 4.90 Å². The summed E-state index contributed by atoms with van der Waals surface area (Å²) in [6.07, 6.45) is 1.13. The standard InChI is InChI=1S/C8H17ClN2.C8H18ClN/c1-10-5-7-11(8-6-10)4-2-3-9;1-7(2)10(6-5-9)8(3)4/h2-8H2,1H3;7-8H,5-6H2,1-4H3. The van der Waals surface area contributed by atoms with Crippen LogP contribution in [0, 0.1) is 0 Å². The Kier molecular flexibility index (Phi) is 13.2. The van der Waals surface area contributed by atoms with Gasteiger partial charge in [0.05, 0.1) is 0 Å². The summed E-state index contributed by atoms with van der Waals surface area (Å²) in [5.41, 5.74) is 0. The van der Waals surface area contributed by atoms with Crippen molar-refractivity contribution in [2.24, 2.45) is 0 Å². The van der Waals surface area contributed by atoms with Gasteiger partial charge in [-0.1, -0.05) is 0 Å². The summed E-state index contributed by atoms with van der Waals surface area (Å²) in [5, 5.41) is 0. The van der Waals surface area contributed by atoms with Gasteiger partial charge in [0, 0.05) is 56.6 Å². The molecular formula is C16H35Cl2N3. The molecule has 5 heteroatoms. The van der Waals surface area contributed by atoms with Crippen molar-refractivity contribution in [1.82, 2.24) is 14.7 Å². The SMILES string of the molecule is CC(C)N(CCCl)C(C)C.CN1CCN(CCCCl)CC1. The molecule has 0 aromatic carbocycles. The van der Waals surface area contributed by atoms with Crippen molar-refractivity contribution in [1.29, 1.82) is 0 Å². The fraction of sp³-hybridized carbons (Fsp3) is 1.00. The minimum Gasteiger partial charge on any atom is -0.304 e. The Balaban J connectivity index is 0.000000384. The number of alkyl halides is 2. The number of likely N-dealkylation sites (N-methyl/N-ethyl adjacent to an activating group) is 1. The van der Waals surface area contributed by atoms with Crippen LogP contribution in [0.2, 0.25) is 0 Å². The number of halogens is 2. The molecule has 0 atom stereocenters. The van der Waals surface area contributed by atoms with E-state index in [1.807, 2.05) is 0 Å². The Morgan fingerprint density at radius 1 is 0.905 bits per heavy atom. The molecule has 0 N–H and O–H groups in total. The summed E-state index contributed by atoms with van der Waals surface area (Å²) in [4.78, 5) is 7.24.